The smallest absolute Gasteiger partial charge is 0.184 e. The van der Waals surface area contributed by atoms with Crippen LogP contribution in [-0.2, 0) is 6.54 Å². The molecular formula is C17H25ClN4S. The van der Waals surface area contributed by atoms with Gasteiger partial charge in [0.25, 0.3) is 0 Å². The normalized spacial score (nSPS) is 15.2. The van der Waals surface area contributed by atoms with E-state index in [1.54, 1.807) is 11.9 Å². The van der Waals surface area contributed by atoms with Crippen molar-refractivity contribution in [1.29, 1.82) is 0 Å². The lowest BCUT2D eigenvalue weighted by molar-refractivity contribution is 0.395. The fourth-order valence-electron chi connectivity index (χ4n) is 2.96. The monoisotopic (exact) mass is 352 g/mol. The first kappa shape index (κ1) is 17.1. The first-order chi connectivity index (χ1) is 11.3. The molecule has 1 aromatic carbocycles. The van der Waals surface area contributed by atoms with Gasteiger partial charge in [-0.1, -0.05) is 31.4 Å². The fourth-order valence-corrected chi connectivity index (χ4v) is 4.18. The minimum absolute atomic E-state index is 0.783. The molecule has 4 nitrogen and oxygen atoms in total. The molecule has 0 saturated carbocycles. The first-order valence-corrected chi connectivity index (χ1v) is 9.72. The van der Waals surface area contributed by atoms with Gasteiger partial charge in [0.2, 0.25) is 0 Å². The largest absolute Gasteiger partial charge is 0.317 e. The first-order valence-electron chi connectivity index (χ1n) is 8.57. The van der Waals surface area contributed by atoms with Crippen LogP contribution in [0.5, 0.6) is 0 Å². The molecule has 0 spiro atoms. The SMILES string of the molecule is CCNCCCCCCN1CCn2c(nc3ccc(Cl)cc32)S1. The van der Waals surface area contributed by atoms with Crippen molar-refractivity contribution >= 4 is 34.6 Å². The lowest BCUT2D eigenvalue weighted by Gasteiger charge is -2.26. The molecule has 6 heteroatoms. The number of unbranched alkanes of at least 4 members (excludes halogenated alkanes) is 3. The molecule has 0 amide bonds. The Hall–Kier alpha value is -0.750. The summed E-state index contributed by atoms with van der Waals surface area (Å²) < 4.78 is 4.74. The van der Waals surface area contributed by atoms with E-state index >= 15 is 0 Å². The summed E-state index contributed by atoms with van der Waals surface area (Å²) in [6, 6.07) is 5.95. The molecule has 0 radical (unpaired) electrons. The Balaban J connectivity index is 1.48. The molecule has 0 unspecified atom stereocenters. The maximum Gasteiger partial charge on any atom is 0.184 e. The van der Waals surface area contributed by atoms with Gasteiger partial charge in [-0.25, -0.2) is 9.29 Å². The quantitative estimate of drug-likeness (QED) is 0.570. The van der Waals surface area contributed by atoms with Gasteiger partial charge in [-0.2, -0.15) is 0 Å². The molecule has 1 N–H and O–H groups in total. The molecule has 2 aromatic rings. The number of hydrogen-bond acceptors (Lipinski definition) is 4. The van der Waals surface area contributed by atoms with Crippen molar-refractivity contribution in [1.82, 2.24) is 19.2 Å². The van der Waals surface area contributed by atoms with E-state index in [-0.39, 0.29) is 0 Å². The topological polar surface area (TPSA) is 33.1 Å². The highest BCUT2D eigenvalue weighted by molar-refractivity contribution is 7.96. The third-order valence-corrected chi connectivity index (χ3v) is 5.55. The Bertz CT molecular complexity index is 643. The zero-order valence-electron chi connectivity index (χ0n) is 13.7. The lowest BCUT2D eigenvalue weighted by atomic mass is 10.2. The van der Waals surface area contributed by atoms with E-state index in [9.17, 15) is 0 Å². The number of fused-ring (bicyclic) bond motifs is 3. The summed E-state index contributed by atoms with van der Waals surface area (Å²) in [4.78, 5) is 4.74. The van der Waals surface area contributed by atoms with Gasteiger partial charge in [0.05, 0.1) is 11.0 Å². The summed E-state index contributed by atoms with van der Waals surface area (Å²) in [6.45, 7) is 7.62. The second-order valence-electron chi connectivity index (χ2n) is 5.97. The number of nitrogens with zero attached hydrogens (tertiary/aromatic N) is 3. The summed E-state index contributed by atoms with van der Waals surface area (Å²) >= 11 is 7.90. The number of rotatable bonds is 8. The molecule has 0 bridgehead atoms. The van der Waals surface area contributed by atoms with E-state index in [1.807, 2.05) is 18.2 Å². The van der Waals surface area contributed by atoms with Crippen LogP contribution in [0.1, 0.15) is 32.6 Å². The Morgan fingerprint density at radius 1 is 1.22 bits per heavy atom. The van der Waals surface area contributed by atoms with Crippen LogP contribution in [0.15, 0.2) is 23.4 Å². The maximum atomic E-state index is 6.11. The van der Waals surface area contributed by atoms with Crippen LogP contribution in [0.4, 0.5) is 0 Å². The van der Waals surface area contributed by atoms with Crippen LogP contribution in [0.25, 0.3) is 11.0 Å². The number of imidazole rings is 1. The van der Waals surface area contributed by atoms with Crippen LogP contribution in [0.2, 0.25) is 5.02 Å². The number of nitrogens with one attached hydrogen (secondary N) is 1. The van der Waals surface area contributed by atoms with E-state index < -0.39 is 0 Å². The average molecular weight is 353 g/mol. The van der Waals surface area contributed by atoms with E-state index in [4.69, 9.17) is 16.6 Å². The second-order valence-corrected chi connectivity index (χ2v) is 7.47. The third-order valence-electron chi connectivity index (χ3n) is 4.22. The van der Waals surface area contributed by atoms with E-state index in [1.165, 1.54) is 25.7 Å². The van der Waals surface area contributed by atoms with E-state index in [2.05, 4.69) is 21.1 Å². The van der Waals surface area contributed by atoms with Crippen LogP contribution < -0.4 is 5.32 Å². The molecule has 23 heavy (non-hydrogen) atoms. The van der Waals surface area contributed by atoms with E-state index in [0.29, 0.717) is 0 Å². The molecule has 126 valence electrons. The number of halogens is 1. The fraction of sp³-hybridized carbons (Fsp3) is 0.588. The zero-order chi connectivity index (χ0) is 16.1. The van der Waals surface area contributed by atoms with Crippen molar-refractivity contribution in [3.63, 3.8) is 0 Å². The van der Waals surface area contributed by atoms with Gasteiger partial charge < -0.3 is 9.88 Å². The standard InChI is InChI=1S/C17H25ClN4S/c1-2-19-9-5-3-4-6-10-21-11-12-22-16-13-14(18)7-8-15(16)20-17(22)23-21/h7-8,13,19H,2-6,9-12H2,1H3. The van der Waals surface area contributed by atoms with Gasteiger partial charge in [0.1, 0.15) is 0 Å². The number of hydrogen-bond donors (Lipinski definition) is 1. The Morgan fingerprint density at radius 3 is 2.96 bits per heavy atom. The second kappa shape index (κ2) is 8.38. The molecule has 3 rings (SSSR count). The molecule has 0 saturated heterocycles. The molecule has 0 fully saturated rings. The van der Waals surface area contributed by atoms with Crippen molar-refractivity contribution in [3.05, 3.63) is 23.2 Å². The highest BCUT2D eigenvalue weighted by atomic mass is 35.5. The zero-order valence-corrected chi connectivity index (χ0v) is 15.3. The minimum Gasteiger partial charge on any atom is -0.317 e. The maximum absolute atomic E-state index is 6.11. The van der Waals surface area contributed by atoms with E-state index in [0.717, 1.165) is 53.9 Å². The summed E-state index contributed by atoms with van der Waals surface area (Å²) in [5.74, 6) is 0. The molecule has 0 atom stereocenters. The Morgan fingerprint density at radius 2 is 2.09 bits per heavy atom. The van der Waals surface area contributed by atoms with Gasteiger partial charge in [0.15, 0.2) is 5.16 Å². The van der Waals surface area contributed by atoms with Crippen LogP contribution in [0.3, 0.4) is 0 Å². The van der Waals surface area contributed by atoms with Crippen LogP contribution in [-0.4, -0.2) is 40.0 Å². The molecular weight excluding hydrogens is 328 g/mol. The predicted molar refractivity (Wildman–Crippen MR) is 99.2 cm³/mol. The van der Waals surface area contributed by atoms with Crippen molar-refractivity contribution < 1.29 is 0 Å². The highest BCUT2D eigenvalue weighted by Crippen LogP contribution is 2.31. The molecule has 0 aliphatic carbocycles. The third kappa shape index (κ3) is 4.41. The van der Waals surface area contributed by atoms with Gasteiger partial charge in [-0.15, -0.1) is 0 Å². The highest BCUT2D eigenvalue weighted by Gasteiger charge is 2.20. The van der Waals surface area contributed by atoms with Gasteiger partial charge in [-0.05, 0) is 56.1 Å². The summed E-state index contributed by atoms with van der Waals surface area (Å²) in [5.41, 5.74) is 2.20. The molecule has 2 heterocycles. The summed E-state index contributed by atoms with van der Waals surface area (Å²) in [7, 11) is 0. The van der Waals surface area contributed by atoms with Crippen molar-refractivity contribution in [2.24, 2.45) is 0 Å². The molecule has 1 aliphatic heterocycles. The summed E-state index contributed by atoms with van der Waals surface area (Å²) in [5, 5.41) is 5.26. The van der Waals surface area contributed by atoms with Crippen LogP contribution >= 0.6 is 23.5 Å². The molecule has 1 aromatic heterocycles. The number of aromatic nitrogens is 2. The Kier molecular flexibility index (Phi) is 6.22. The van der Waals surface area contributed by atoms with Crippen molar-refractivity contribution in [2.75, 3.05) is 26.2 Å². The number of benzene rings is 1. The summed E-state index contributed by atoms with van der Waals surface area (Å²) in [6.07, 6.45) is 5.19. The van der Waals surface area contributed by atoms with Gasteiger partial charge in [-0.3, -0.25) is 0 Å². The average Bonchev–Trinajstić information content (AvgIpc) is 2.91. The Labute approximate surface area is 147 Å². The van der Waals surface area contributed by atoms with Crippen molar-refractivity contribution in [2.45, 2.75) is 44.3 Å². The minimum atomic E-state index is 0.783. The van der Waals surface area contributed by atoms with Gasteiger partial charge >= 0.3 is 0 Å². The predicted octanol–water partition coefficient (Wildman–Crippen LogP) is 4.18. The van der Waals surface area contributed by atoms with Gasteiger partial charge in [0, 0.05) is 24.7 Å². The lowest BCUT2D eigenvalue weighted by Crippen LogP contribution is -2.27. The van der Waals surface area contributed by atoms with Crippen molar-refractivity contribution in [3.8, 4) is 0 Å². The van der Waals surface area contributed by atoms with Crippen LogP contribution in [0, 0.1) is 0 Å². The molecule has 1 aliphatic rings.